The number of nitrogens with zero attached hydrogens (tertiary/aromatic N) is 2. The fraction of sp³-hybridized carbons (Fsp3) is 0.353. The Morgan fingerprint density at radius 3 is 2.52 bits per heavy atom. The van der Waals surface area contributed by atoms with E-state index < -0.39 is 6.10 Å². The Balaban J connectivity index is 1.81. The second-order valence-electron chi connectivity index (χ2n) is 5.44. The van der Waals surface area contributed by atoms with Crippen LogP contribution >= 0.6 is 0 Å². The van der Waals surface area contributed by atoms with E-state index in [0.29, 0.717) is 19.5 Å². The molecule has 112 valence electrons. The van der Waals surface area contributed by atoms with Crippen LogP contribution in [-0.2, 0) is 13.0 Å². The Labute approximate surface area is 126 Å². The average Bonchev–Trinajstić information content (AvgIpc) is 2.49. The number of aromatic nitrogens is 1. The van der Waals surface area contributed by atoms with Crippen LogP contribution in [0.2, 0.25) is 0 Å². The van der Waals surface area contributed by atoms with E-state index in [9.17, 15) is 5.11 Å². The van der Waals surface area contributed by atoms with Gasteiger partial charge in [-0.25, -0.2) is 0 Å². The summed E-state index contributed by atoms with van der Waals surface area (Å²) in [5, 5.41) is 10.2. The summed E-state index contributed by atoms with van der Waals surface area (Å²) in [5.74, 6) is 0. The van der Waals surface area contributed by atoms with Crippen LogP contribution in [-0.4, -0.2) is 40.7 Å². The summed E-state index contributed by atoms with van der Waals surface area (Å²) in [6.07, 6.45) is 1.90. The highest BCUT2D eigenvalue weighted by molar-refractivity contribution is 5.16. The van der Waals surface area contributed by atoms with Crippen LogP contribution in [0, 0.1) is 0 Å². The second-order valence-corrected chi connectivity index (χ2v) is 5.44. The zero-order valence-electron chi connectivity index (χ0n) is 12.4. The molecule has 0 saturated heterocycles. The molecule has 1 heterocycles. The topological polar surface area (TPSA) is 62.4 Å². The monoisotopic (exact) mass is 285 g/mol. The van der Waals surface area contributed by atoms with Crippen LogP contribution < -0.4 is 5.73 Å². The van der Waals surface area contributed by atoms with Crippen LogP contribution in [0.1, 0.15) is 11.3 Å². The van der Waals surface area contributed by atoms with E-state index in [1.54, 1.807) is 6.20 Å². The van der Waals surface area contributed by atoms with Crippen LogP contribution in [0.25, 0.3) is 0 Å². The van der Waals surface area contributed by atoms with Crippen molar-refractivity contribution in [3.63, 3.8) is 0 Å². The molecule has 0 amide bonds. The van der Waals surface area contributed by atoms with Crippen LogP contribution in [0.3, 0.4) is 0 Å². The molecule has 1 aromatic heterocycles. The first-order chi connectivity index (χ1) is 10.1. The fourth-order valence-corrected chi connectivity index (χ4v) is 2.31. The van der Waals surface area contributed by atoms with Crippen LogP contribution in [0.4, 0.5) is 0 Å². The highest BCUT2D eigenvalue weighted by Gasteiger charge is 2.17. The molecule has 2 atom stereocenters. The van der Waals surface area contributed by atoms with Gasteiger partial charge in [0.05, 0.1) is 11.8 Å². The molecule has 0 aliphatic rings. The van der Waals surface area contributed by atoms with Crippen molar-refractivity contribution >= 4 is 0 Å². The van der Waals surface area contributed by atoms with Crippen molar-refractivity contribution in [1.82, 2.24) is 9.88 Å². The summed E-state index contributed by atoms with van der Waals surface area (Å²) in [7, 11) is 1.97. The third kappa shape index (κ3) is 5.27. The van der Waals surface area contributed by atoms with Gasteiger partial charge in [0.1, 0.15) is 0 Å². The lowest BCUT2D eigenvalue weighted by Gasteiger charge is -2.24. The quantitative estimate of drug-likeness (QED) is 0.808. The summed E-state index contributed by atoms with van der Waals surface area (Å²) < 4.78 is 0. The van der Waals surface area contributed by atoms with Crippen molar-refractivity contribution in [2.24, 2.45) is 5.73 Å². The van der Waals surface area contributed by atoms with Gasteiger partial charge in [-0.3, -0.25) is 9.88 Å². The Morgan fingerprint density at radius 2 is 1.86 bits per heavy atom. The minimum atomic E-state index is -0.557. The van der Waals surface area contributed by atoms with Crippen molar-refractivity contribution < 1.29 is 5.11 Å². The van der Waals surface area contributed by atoms with E-state index >= 15 is 0 Å². The Kier molecular flexibility index (Phi) is 5.87. The lowest BCUT2D eigenvalue weighted by Crippen LogP contribution is -2.43. The number of aliphatic hydroxyl groups excluding tert-OH is 1. The Bertz CT molecular complexity index is 518. The van der Waals surface area contributed by atoms with Crippen molar-refractivity contribution in [2.75, 3.05) is 13.6 Å². The van der Waals surface area contributed by atoms with Gasteiger partial charge < -0.3 is 10.8 Å². The number of hydrogen-bond donors (Lipinski definition) is 2. The molecule has 0 spiro atoms. The Hall–Kier alpha value is -1.75. The van der Waals surface area contributed by atoms with E-state index in [0.717, 1.165) is 11.3 Å². The Morgan fingerprint density at radius 1 is 1.14 bits per heavy atom. The molecule has 4 heteroatoms. The normalized spacial score (nSPS) is 14.1. The first-order valence-electron chi connectivity index (χ1n) is 7.21. The van der Waals surface area contributed by atoms with Crippen LogP contribution in [0.15, 0.2) is 54.7 Å². The van der Waals surface area contributed by atoms with Gasteiger partial charge in [0.25, 0.3) is 0 Å². The molecule has 2 aromatic rings. The fourth-order valence-electron chi connectivity index (χ4n) is 2.31. The SMILES string of the molecule is CN(Cc1ccccn1)CC(O)C(N)Cc1ccccc1. The summed E-state index contributed by atoms with van der Waals surface area (Å²) in [6.45, 7) is 1.24. The van der Waals surface area contributed by atoms with Crippen molar-refractivity contribution in [3.05, 3.63) is 66.0 Å². The summed E-state index contributed by atoms with van der Waals surface area (Å²) >= 11 is 0. The molecule has 21 heavy (non-hydrogen) atoms. The number of nitrogens with two attached hydrogens (primary N) is 1. The number of hydrogen-bond acceptors (Lipinski definition) is 4. The molecule has 0 bridgehead atoms. The van der Waals surface area contributed by atoms with Crippen molar-refractivity contribution in [3.8, 4) is 0 Å². The molecule has 3 N–H and O–H groups in total. The maximum atomic E-state index is 10.2. The van der Waals surface area contributed by atoms with E-state index in [4.69, 9.17) is 5.73 Å². The first-order valence-corrected chi connectivity index (χ1v) is 7.21. The predicted molar refractivity (Wildman–Crippen MR) is 84.7 cm³/mol. The highest BCUT2D eigenvalue weighted by Crippen LogP contribution is 2.06. The maximum absolute atomic E-state index is 10.2. The molecule has 0 aliphatic carbocycles. The van der Waals surface area contributed by atoms with Gasteiger partial charge in [-0.2, -0.15) is 0 Å². The standard InChI is InChI=1S/C17H23N3O/c1-20(12-15-9-5-6-10-19-15)13-17(21)16(18)11-14-7-3-2-4-8-14/h2-10,16-17,21H,11-13,18H2,1H3. The zero-order chi connectivity index (χ0) is 15.1. The molecule has 1 aromatic carbocycles. The van der Waals surface area contributed by atoms with Gasteiger partial charge >= 0.3 is 0 Å². The van der Waals surface area contributed by atoms with Crippen molar-refractivity contribution in [2.45, 2.75) is 25.1 Å². The molecule has 0 radical (unpaired) electrons. The number of likely N-dealkylation sites (N-methyl/N-ethyl adjacent to an activating group) is 1. The van der Waals surface area contributed by atoms with Gasteiger partial charge in [0, 0.05) is 25.3 Å². The largest absolute Gasteiger partial charge is 0.390 e. The molecule has 2 unspecified atom stereocenters. The lowest BCUT2D eigenvalue weighted by atomic mass is 10.0. The first kappa shape index (κ1) is 15.6. The third-order valence-corrected chi connectivity index (χ3v) is 3.47. The molecule has 0 aliphatic heterocycles. The molecular formula is C17H23N3O. The van der Waals surface area contributed by atoms with Gasteiger partial charge in [0.15, 0.2) is 0 Å². The minimum Gasteiger partial charge on any atom is -0.390 e. The number of pyridine rings is 1. The van der Waals surface area contributed by atoms with E-state index in [-0.39, 0.29) is 6.04 Å². The summed E-state index contributed by atoms with van der Waals surface area (Å²) in [4.78, 5) is 6.32. The lowest BCUT2D eigenvalue weighted by molar-refractivity contribution is 0.0988. The third-order valence-electron chi connectivity index (χ3n) is 3.47. The maximum Gasteiger partial charge on any atom is 0.0820 e. The van der Waals surface area contributed by atoms with Gasteiger partial charge in [-0.1, -0.05) is 36.4 Å². The summed E-state index contributed by atoms with van der Waals surface area (Å²) in [6, 6.07) is 15.6. The average molecular weight is 285 g/mol. The van der Waals surface area contributed by atoms with E-state index in [2.05, 4.69) is 4.98 Å². The number of benzene rings is 1. The number of rotatable bonds is 7. The summed E-state index contributed by atoms with van der Waals surface area (Å²) in [5.41, 5.74) is 8.24. The molecule has 4 nitrogen and oxygen atoms in total. The molecule has 0 fully saturated rings. The molecule has 0 saturated carbocycles. The zero-order valence-corrected chi connectivity index (χ0v) is 12.4. The highest BCUT2D eigenvalue weighted by atomic mass is 16.3. The van der Waals surface area contributed by atoms with Gasteiger partial charge in [0.2, 0.25) is 0 Å². The van der Waals surface area contributed by atoms with Gasteiger partial charge in [-0.15, -0.1) is 0 Å². The predicted octanol–water partition coefficient (Wildman–Crippen LogP) is 1.44. The van der Waals surface area contributed by atoms with E-state index in [1.165, 1.54) is 0 Å². The number of aliphatic hydroxyl groups is 1. The van der Waals surface area contributed by atoms with Gasteiger partial charge in [-0.05, 0) is 31.2 Å². The van der Waals surface area contributed by atoms with Crippen LogP contribution in [0.5, 0.6) is 0 Å². The van der Waals surface area contributed by atoms with Crippen molar-refractivity contribution in [1.29, 1.82) is 0 Å². The minimum absolute atomic E-state index is 0.265. The molecule has 2 rings (SSSR count). The van der Waals surface area contributed by atoms with E-state index in [1.807, 2.05) is 60.5 Å². The molecular weight excluding hydrogens is 262 g/mol. The smallest absolute Gasteiger partial charge is 0.0820 e. The second kappa shape index (κ2) is 7.88.